The van der Waals surface area contributed by atoms with Gasteiger partial charge in [-0.15, -0.1) is 0 Å². The van der Waals surface area contributed by atoms with Gasteiger partial charge >= 0.3 is 0 Å². The van der Waals surface area contributed by atoms with Gasteiger partial charge in [-0.1, -0.05) is 56.3 Å². The number of ketones is 1. The van der Waals surface area contributed by atoms with Crippen molar-refractivity contribution < 1.29 is 14.3 Å². The summed E-state index contributed by atoms with van der Waals surface area (Å²) in [7, 11) is 0. The number of carbonyl (C=O) groups excluding carboxylic acids is 2. The molecule has 0 radical (unpaired) electrons. The minimum absolute atomic E-state index is 0.0813. The Morgan fingerprint density at radius 1 is 1.00 bits per heavy atom. The molecule has 28 heavy (non-hydrogen) atoms. The molecule has 0 bridgehead atoms. The minimum Gasteiger partial charge on any atom is -0.484 e. The monoisotopic (exact) mass is 378 g/mol. The summed E-state index contributed by atoms with van der Waals surface area (Å²) in [5.41, 5.74) is 8.39. The van der Waals surface area contributed by atoms with E-state index in [0.717, 1.165) is 18.5 Å². The van der Waals surface area contributed by atoms with Crippen molar-refractivity contribution in [1.82, 2.24) is 10.9 Å². The Bertz CT molecular complexity index is 855. The summed E-state index contributed by atoms with van der Waals surface area (Å²) < 4.78 is 5.56. The van der Waals surface area contributed by atoms with Crippen molar-refractivity contribution in [1.29, 1.82) is 0 Å². The van der Waals surface area contributed by atoms with Crippen LogP contribution in [0, 0.1) is 0 Å². The van der Waals surface area contributed by atoms with Crippen LogP contribution in [0.15, 0.2) is 66.4 Å². The maximum atomic E-state index is 11.9. The summed E-state index contributed by atoms with van der Waals surface area (Å²) in [6.07, 6.45) is 3.67. The van der Waals surface area contributed by atoms with E-state index in [4.69, 9.17) is 4.74 Å². The first-order chi connectivity index (χ1) is 13.4. The lowest BCUT2D eigenvalue weighted by Gasteiger charge is -2.26. The van der Waals surface area contributed by atoms with Crippen molar-refractivity contribution in [3.05, 3.63) is 77.5 Å². The third-order valence-corrected chi connectivity index (χ3v) is 5.01. The first kappa shape index (κ1) is 19.7. The third-order valence-electron chi connectivity index (χ3n) is 5.01. The zero-order valence-corrected chi connectivity index (χ0v) is 16.3. The average Bonchev–Trinajstić information content (AvgIpc) is 2.72. The van der Waals surface area contributed by atoms with E-state index in [9.17, 15) is 9.59 Å². The van der Waals surface area contributed by atoms with E-state index in [0.29, 0.717) is 12.2 Å². The van der Waals surface area contributed by atoms with Gasteiger partial charge in [-0.2, -0.15) is 0 Å². The SMILES string of the molecule is CC(C)(c1ccccc1)c1ccc(OCC(=O)NNC2=CC(=O)CCC2)cc1. The molecule has 0 fully saturated rings. The Morgan fingerprint density at radius 3 is 2.36 bits per heavy atom. The first-order valence-corrected chi connectivity index (χ1v) is 9.52. The maximum Gasteiger partial charge on any atom is 0.276 e. The van der Waals surface area contributed by atoms with Gasteiger partial charge in [0.05, 0.1) is 0 Å². The molecule has 1 amide bonds. The molecule has 2 N–H and O–H groups in total. The molecule has 0 atom stereocenters. The fraction of sp³-hybridized carbons (Fsp3) is 0.304. The molecule has 0 saturated heterocycles. The second kappa shape index (κ2) is 8.74. The van der Waals surface area contributed by atoms with E-state index in [-0.39, 0.29) is 23.7 Å². The van der Waals surface area contributed by atoms with E-state index in [1.807, 2.05) is 42.5 Å². The number of nitrogens with one attached hydrogen (secondary N) is 2. The number of carbonyl (C=O) groups is 2. The van der Waals surface area contributed by atoms with Crippen molar-refractivity contribution in [2.24, 2.45) is 0 Å². The Labute approximate surface area is 165 Å². The predicted octanol–water partition coefficient (Wildman–Crippen LogP) is 3.65. The standard InChI is InChI=1S/C23H26N2O3/c1-23(2,17-7-4-3-5-8-17)18-11-13-21(14-12-18)28-16-22(27)25-24-19-9-6-10-20(26)15-19/h3-5,7-8,11-15,24H,6,9-10,16H2,1-2H3,(H,25,27). The molecular formula is C23H26N2O3. The zero-order valence-electron chi connectivity index (χ0n) is 16.3. The Balaban J connectivity index is 1.52. The molecule has 0 aromatic heterocycles. The predicted molar refractivity (Wildman–Crippen MR) is 109 cm³/mol. The summed E-state index contributed by atoms with van der Waals surface area (Å²) in [6, 6.07) is 18.1. The average molecular weight is 378 g/mol. The van der Waals surface area contributed by atoms with Gasteiger partial charge in [0.2, 0.25) is 0 Å². The van der Waals surface area contributed by atoms with Crippen LogP contribution in [0.3, 0.4) is 0 Å². The van der Waals surface area contributed by atoms with Gasteiger partial charge in [-0.25, -0.2) is 0 Å². The van der Waals surface area contributed by atoms with Crippen LogP contribution in [0.25, 0.3) is 0 Å². The van der Waals surface area contributed by atoms with Gasteiger partial charge < -0.3 is 10.2 Å². The van der Waals surface area contributed by atoms with Crippen molar-refractivity contribution in [3.8, 4) is 5.75 Å². The Hall–Kier alpha value is -3.08. The molecule has 2 aromatic carbocycles. The van der Waals surface area contributed by atoms with Gasteiger partial charge in [-0.05, 0) is 36.1 Å². The lowest BCUT2D eigenvalue weighted by atomic mass is 9.78. The van der Waals surface area contributed by atoms with Crippen LogP contribution in [-0.2, 0) is 15.0 Å². The Morgan fingerprint density at radius 2 is 1.68 bits per heavy atom. The molecule has 5 nitrogen and oxygen atoms in total. The van der Waals surface area contributed by atoms with Gasteiger partial charge in [0.25, 0.3) is 5.91 Å². The van der Waals surface area contributed by atoms with Crippen LogP contribution in [0.5, 0.6) is 5.75 Å². The number of allylic oxidation sites excluding steroid dienone is 2. The second-order valence-electron chi connectivity index (χ2n) is 7.47. The second-order valence-corrected chi connectivity index (χ2v) is 7.47. The molecule has 1 aliphatic carbocycles. The van der Waals surface area contributed by atoms with Crippen molar-refractivity contribution in [2.45, 2.75) is 38.5 Å². The minimum atomic E-state index is -0.299. The molecule has 146 valence electrons. The highest BCUT2D eigenvalue weighted by molar-refractivity contribution is 5.91. The summed E-state index contributed by atoms with van der Waals surface area (Å²) in [5, 5.41) is 0. The van der Waals surface area contributed by atoms with Gasteiger partial charge in [0.1, 0.15) is 5.75 Å². The summed E-state index contributed by atoms with van der Waals surface area (Å²) in [5.74, 6) is 0.417. The number of rotatable bonds is 7. The van der Waals surface area contributed by atoms with Gasteiger partial charge in [0, 0.05) is 23.6 Å². The number of benzene rings is 2. The highest BCUT2D eigenvalue weighted by Crippen LogP contribution is 2.32. The fourth-order valence-electron chi connectivity index (χ4n) is 3.21. The molecule has 1 aliphatic rings. The van der Waals surface area contributed by atoms with E-state index < -0.39 is 0 Å². The van der Waals surface area contributed by atoms with Gasteiger partial charge in [0.15, 0.2) is 12.4 Å². The van der Waals surface area contributed by atoms with Crippen molar-refractivity contribution >= 4 is 11.7 Å². The number of ether oxygens (including phenoxy) is 1. The number of hydrogen-bond donors (Lipinski definition) is 2. The van der Waals surface area contributed by atoms with E-state index in [1.54, 1.807) is 0 Å². The first-order valence-electron chi connectivity index (χ1n) is 9.52. The van der Waals surface area contributed by atoms with Crippen LogP contribution in [-0.4, -0.2) is 18.3 Å². The molecule has 0 spiro atoms. The molecule has 0 aliphatic heterocycles. The topological polar surface area (TPSA) is 67.4 Å². The third kappa shape index (κ3) is 5.00. The number of hydrogen-bond acceptors (Lipinski definition) is 4. The van der Waals surface area contributed by atoms with E-state index in [1.165, 1.54) is 17.2 Å². The van der Waals surface area contributed by atoms with Gasteiger partial charge in [-0.3, -0.25) is 15.0 Å². The highest BCUT2D eigenvalue weighted by Gasteiger charge is 2.22. The quantitative estimate of drug-likeness (QED) is 0.722. The van der Waals surface area contributed by atoms with Crippen molar-refractivity contribution in [2.75, 3.05) is 6.61 Å². The Kier molecular flexibility index (Phi) is 6.14. The zero-order chi connectivity index (χ0) is 20.0. The largest absolute Gasteiger partial charge is 0.484 e. The summed E-state index contributed by atoms with van der Waals surface area (Å²) in [6.45, 7) is 4.26. The number of amides is 1. The molecule has 0 heterocycles. The number of hydrazine groups is 1. The summed E-state index contributed by atoms with van der Waals surface area (Å²) in [4.78, 5) is 23.3. The normalized spacial score (nSPS) is 14.2. The fourth-order valence-corrected chi connectivity index (χ4v) is 3.21. The molecule has 5 heteroatoms. The lowest BCUT2D eigenvalue weighted by Crippen LogP contribution is -2.40. The van der Waals surface area contributed by atoms with Crippen LogP contribution in [0.2, 0.25) is 0 Å². The molecule has 2 aromatic rings. The maximum absolute atomic E-state index is 11.9. The molecule has 0 saturated carbocycles. The van der Waals surface area contributed by atoms with E-state index in [2.05, 4.69) is 36.8 Å². The van der Waals surface area contributed by atoms with Crippen LogP contribution in [0.4, 0.5) is 0 Å². The molecule has 0 unspecified atom stereocenters. The lowest BCUT2D eigenvalue weighted by molar-refractivity contribution is -0.124. The molecule has 3 rings (SSSR count). The van der Waals surface area contributed by atoms with Crippen LogP contribution >= 0.6 is 0 Å². The molecular weight excluding hydrogens is 352 g/mol. The van der Waals surface area contributed by atoms with Crippen LogP contribution in [0.1, 0.15) is 44.2 Å². The van der Waals surface area contributed by atoms with E-state index >= 15 is 0 Å². The van der Waals surface area contributed by atoms with Crippen LogP contribution < -0.4 is 15.6 Å². The van der Waals surface area contributed by atoms with Crippen molar-refractivity contribution in [3.63, 3.8) is 0 Å². The highest BCUT2D eigenvalue weighted by atomic mass is 16.5. The smallest absolute Gasteiger partial charge is 0.276 e. The summed E-state index contributed by atoms with van der Waals surface area (Å²) >= 11 is 0.